The van der Waals surface area contributed by atoms with Gasteiger partial charge in [0.2, 0.25) is 11.8 Å². The third kappa shape index (κ3) is 4.43. The van der Waals surface area contributed by atoms with Crippen molar-refractivity contribution in [2.75, 3.05) is 13.2 Å². The highest BCUT2D eigenvalue weighted by Crippen LogP contribution is 2.23. The SMILES string of the molecule is CC(C)COc1ccc(C(=O)N2C[C@H](C(N)=O)CC[C@H]2C)cn1. The van der Waals surface area contributed by atoms with E-state index in [-0.39, 0.29) is 23.8 Å². The molecule has 0 bridgehead atoms. The first-order chi connectivity index (χ1) is 10.9. The number of hydrogen-bond acceptors (Lipinski definition) is 4. The Hall–Kier alpha value is -2.11. The van der Waals surface area contributed by atoms with Crippen molar-refractivity contribution in [1.29, 1.82) is 0 Å². The van der Waals surface area contributed by atoms with Crippen molar-refractivity contribution in [1.82, 2.24) is 9.88 Å². The Morgan fingerprint density at radius 2 is 2.13 bits per heavy atom. The van der Waals surface area contributed by atoms with Gasteiger partial charge >= 0.3 is 0 Å². The number of pyridine rings is 1. The molecule has 0 aromatic carbocycles. The molecule has 2 atom stereocenters. The molecule has 126 valence electrons. The topological polar surface area (TPSA) is 85.5 Å². The minimum atomic E-state index is -0.342. The number of carbonyl (C=O) groups excluding carboxylic acids is 2. The number of rotatable bonds is 5. The van der Waals surface area contributed by atoms with E-state index >= 15 is 0 Å². The van der Waals surface area contributed by atoms with Gasteiger partial charge in [-0.1, -0.05) is 13.8 Å². The van der Waals surface area contributed by atoms with Crippen molar-refractivity contribution in [2.45, 2.75) is 39.7 Å². The van der Waals surface area contributed by atoms with Gasteiger partial charge in [0.25, 0.3) is 5.91 Å². The number of piperidine rings is 1. The number of nitrogens with zero attached hydrogens (tertiary/aromatic N) is 2. The van der Waals surface area contributed by atoms with Crippen LogP contribution in [0.5, 0.6) is 5.88 Å². The van der Waals surface area contributed by atoms with Crippen LogP contribution in [0.1, 0.15) is 44.0 Å². The quantitative estimate of drug-likeness (QED) is 0.897. The summed E-state index contributed by atoms with van der Waals surface area (Å²) in [6, 6.07) is 3.51. The Morgan fingerprint density at radius 1 is 1.39 bits per heavy atom. The second kappa shape index (κ2) is 7.44. The smallest absolute Gasteiger partial charge is 0.255 e. The fourth-order valence-corrected chi connectivity index (χ4v) is 2.63. The Morgan fingerprint density at radius 3 is 2.70 bits per heavy atom. The molecule has 0 spiro atoms. The fourth-order valence-electron chi connectivity index (χ4n) is 2.63. The molecule has 6 nitrogen and oxygen atoms in total. The van der Waals surface area contributed by atoms with Crippen LogP contribution in [0.3, 0.4) is 0 Å². The molecule has 2 heterocycles. The molecule has 0 unspecified atom stereocenters. The van der Waals surface area contributed by atoms with Crippen molar-refractivity contribution in [3.8, 4) is 5.88 Å². The number of hydrogen-bond donors (Lipinski definition) is 1. The summed E-state index contributed by atoms with van der Waals surface area (Å²) < 4.78 is 5.52. The summed E-state index contributed by atoms with van der Waals surface area (Å²) in [5.74, 6) is 0.198. The first-order valence-corrected chi connectivity index (χ1v) is 8.07. The minimum absolute atomic E-state index is 0.0926. The van der Waals surface area contributed by atoms with E-state index in [0.29, 0.717) is 30.5 Å². The first kappa shape index (κ1) is 17.2. The maximum absolute atomic E-state index is 12.6. The molecule has 2 amide bonds. The van der Waals surface area contributed by atoms with Gasteiger partial charge in [0.1, 0.15) is 0 Å². The van der Waals surface area contributed by atoms with Gasteiger partial charge in [0.05, 0.1) is 18.1 Å². The zero-order valence-electron chi connectivity index (χ0n) is 14.0. The molecule has 1 fully saturated rings. The van der Waals surface area contributed by atoms with Crippen LogP contribution >= 0.6 is 0 Å². The Labute approximate surface area is 137 Å². The summed E-state index contributed by atoms with van der Waals surface area (Å²) in [7, 11) is 0. The highest BCUT2D eigenvalue weighted by Gasteiger charge is 2.32. The number of nitrogens with two attached hydrogens (primary N) is 1. The van der Waals surface area contributed by atoms with Gasteiger partial charge in [-0.25, -0.2) is 4.98 Å². The summed E-state index contributed by atoms with van der Waals surface area (Å²) in [4.78, 5) is 29.9. The average molecular weight is 319 g/mol. The van der Waals surface area contributed by atoms with E-state index in [1.54, 1.807) is 17.0 Å². The van der Waals surface area contributed by atoms with E-state index in [9.17, 15) is 9.59 Å². The van der Waals surface area contributed by atoms with Crippen LogP contribution in [0.25, 0.3) is 0 Å². The maximum Gasteiger partial charge on any atom is 0.255 e. The van der Waals surface area contributed by atoms with Gasteiger partial charge in [0, 0.05) is 24.8 Å². The van der Waals surface area contributed by atoms with Crippen LogP contribution in [0, 0.1) is 11.8 Å². The van der Waals surface area contributed by atoms with Crippen molar-refractivity contribution in [3.63, 3.8) is 0 Å². The molecule has 23 heavy (non-hydrogen) atoms. The van der Waals surface area contributed by atoms with Crippen molar-refractivity contribution >= 4 is 11.8 Å². The number of primary amides is 1. The predicted molar refractivity (Wildman–Crippen MR) is 87.0 cm³/mol. The van der Waals surface area contributed by atoms with Gasteiger partial charge < -0.3 is 15.4 Å². The molecule has 1 aromatic heterocycles. The lowest BCUT2D eigenvalue weighted by atomic mass is 9.92. The Bertz CT molecular complexity index is 557. The summed E-state index contributed by atoms with van der Waals surface area (Å²) in [6.45, 7) is 7.07. The summed E-state index contributed by atoms with van der Waals surface area (Å²) >= 11 is 0. The lowest BCUT2D eigenvalue weighted by Gasteiger charge is -2.36. The van der Waals surface area contributed by atoms with Crippen LogP contribution in [0.15, 0.2) is 18.3 Å². The molecule has 1 aliphatic rings. The first-order valence-electron chi connectivity index (χ1n) is 8.07. The zero-order valence-corrected chi connectivity index (χ0v) is 14.0. The van der Waals surface area contributed by atoms with Crippen LogP contribution in [-0.2, 0) is 4.79 Å². The molecule has 1 aliphatic heterocycles. The van der Waals surface area contributed by atoms with E-state index in [1.165, 1.54) is 6.20 Å². The summed E-state index contributed by atoms with van der Waals surface area (Å²) in [5.41, 5.74) is 5.88. The van der Waals surface area contributed by atoms with Gasteiger partial charge in [0.15, 0.2) is 0 Å². The van der Waals surface area contributed by atoms with E-state index < -0.39 is 0 Å². The summed E-state index contributed by atoms with van der Waals surface area (Å²) in [5, 5.41) is 0. The highest BCUT2D eigenvalue weighted by atomic mass is 16.5. The molecular formula is C17H25N3O3. The Balaban J connectivity index is 2.05. The normalized spacial score (nSPS) is 21.3. The number of amides is 2. The average Bonchev–Trinajstić information content (AvgIpc) is 2.53. The summed E-state index contributed by atoms with van der Waals surface area (Å²) in [6.07, 6.45) is 3.04. The van der Waals surface area contributed by atoms with Gasteiger partial charge in [-0.15, -0.1) is 0 Å². The molecule has 0 aliphatic carbocycles. The van der Waals surface area contributed by atoms with Crippen molar-refractivity contribution < 1.29 is 14.3 Å². The molecule has 1 aromatic rings. The van der Waals surface area contributed by atoms with Crippen LogP contribution < -0.4 is 10.5 Å². The van der Waals surface area contributed by atoms with Crippen LogP contribution in [-0.4, -0.2) is 40.9 Å². The molecule has 0 saturated carbocycles. The monoisotopic (exact) mass is 319 g/mol. The number of carbonyl (C=O) groups is 2. The zero-order chi connectivity index (χ0) is 17.0. The van der Waals surface area contributed by atoms with Crippen LogP contribution in [0.2, 0.25) is 0 Å². The van der Waals surface area contributed by atoms with Gasteiger partial charge in [-0.3, -0.25) is 9.59 Å². The largest absolute Gasteiger partial charge is 0.477 e. The standard InChI is InChI=1S/C17H25N3O3/c1-11(2)10-23-15-7-6-13(8-19-15)17(22)20-9-14(16(18)21)5-4-12(20)3/h6-8,11-12,14H,4-5,9-10H2,1-3H3,(H2,18,21)/t12-,14-/m1/s1. The van der Waals surface area contributed by atoms with Crippen LogP contribution in [0.4, 0.5) is 0 Å². The number of ether oxygens (including phenoxy) is 1. The fraction of sp³-hybridized carbons (Fsp3) is 0.588. The lowest BCUT2D eigenvalue weighted by molar-refractivity contribution is -0.123. The molecule has 0 radical (unpaired) electrons. The third-order valence-corrected chi connectivity index (χ3v) is 4.09. The number of aromatic nitrogens is 1. The van der Waals surface area contributed by atoms with Crippen molar-refractivity contribution in [2.24, 2.45) is 17.6 Å². The van der Waals surface area contributed by atoms with Gasteiger partial charge in [-0.2, -0.15) is 0 Å². The van der Waals surface area contributed by atoms with E-state index in [2.05, 4.69) is 18.8 Å². The number of likely N-dealkylation sites (tertiary alicyclic amines) is 1. The maximum atomic E-state index is 12.6. The molecule has 6 heteroatoms. The third-order valence-electron chi connectivity index (χ3n) is 4.09. The van der Waals surface area contributed by atoms with E-state index in [4.69, 9.17) is 10.5 Å². The van der Waals surface area contributed by atoms with E-state index in [1.807, 2.05) is 6.92 Å². The Kier molecular flexibility index (Phi) is 5.58. The predicted octanol–water partition coefficient (Wildman–Crippen LogP) is 1.84. The molecular weight excluding hydrogens is 294 g/mol. The molecule has 1 saturated heterocycles. The second-order valence-electron chi connectivity index (χ2n) is 6.57. The lowest BCUT2D eigenvalue weighted by Crippen LogP contribution is -2.48. The minimum Gasteiger partial charge on any atom is -0.477 e. The van der Waals surface area contributed by atoms with Gasteiger partial charge in [-0.05, 0) is 31.7 Å². The highest BCUT2D eigenvalue weighted by molar-refractivity contribution is 5.94. The molecule has 2 rings (SSSR count). The van der Waals surface area contributed by atoms with Crippen molar-refractivity contribution in [3.05, 3.63) is 23.9 Å². The molecule has 2 N–H and O–H groups in total. The van der Waals surface area contributed by atoms with E-state index in [0.717, 1.165) is 12.8 Å². The second-order valence-corrected chi connectivity index (χ2v) is 6.57.